The van der Waals surface area contributed by atoms with Crippen LogP contribution in [-0.4, -0.2) is 59.3 Å². The number of ether oxygens (including phenoxy) is 1. The maximum atomic E-state index is 12.8. The summed E-state index contributed by atoms with van der Waals surface area (Å²) < 4.78 is 6.02. The smallest absolute Gasteiger partial charge is 0.328 e. The average Bonchev–Trinajstić information content (AvgIpc) is 3.20. The van der Waals surface area contributed by atoms with E-state index in [9.17, 15) is 19.2 Å². The summed E-state index contributed by atoms with van der Waals surface area (Å²) in [6, 6.07) is -1.39. The number of unbranched alkanes of at least 4 members (excludes halogenated alkanes) is 16. The van der Waals surface area contributed by atoms with E-state index in [1.54, 1.807) is 0 Å². The van der Waals surface area contributed by atoms with Gasteiger partial charge < -0.3 is 25.6 Å². The SMILES string of the molecule is CC/C=C\C/C=C\C/C=C\C/C=C\CCCCC(CCCCCCCC(=O)NCC(=O)NC(CO)C(=O)O)OC(=O)CCCCCCC/C=C\CCCCCCC. The molecule has 0 aromatic carbocycles. The van der Waals surface area contributed by atoms with Crippen molar-refractivity contribution in [1.82, 2.24) is 10.6 Å². The van der Waals surface area contributed by atoms with Crippen molar-refractivity contribution in [3.05, 3.63) is 60.8 Å². The number of hydrogen-bond acceptors (Lipinski definition) is 6. The molecule has 2 atom stereocenters. The highest BCUT2D eigenvalue weighted by atomic mass is 16.5. The van der Waals surface area contributed by atoms with E-state index in [4.69, 9.17) is 14.9 Å². The number of allylic oxidation sites excluding steroid dienone is 10. The summed E-state index contributed by atoms with van der Waals surface area (Å²) >= 11 is 0. The summed E-state index contributed by atoms with van der Waals surface area (Å²) in [4.78, 5) is 47.6. The number of carbonyl (C=O) groups excluding carboxylic acids is 3. The van der Waals surface area contributed by atoms with Gasteiger partial charge in [0.15, 0.2) is 0 Å². The first-order valence-electron chi connectivity index (χ1n) is 22.7. The number of carboxylic acids is 1. The minimum absolute atomic E-state index is 0.0585. The molecule has 4 N–H and O–H groups in total. The van der Waals surface area contributed by atoms with Gasteiger partial charge in [0.05, 0.1) is 13.2 Å². The first-order chi connectivity index (χ1) is 27.8. The number of aliphatic hydroxyl groups excluding tert-OH is 1. The molecule has 0 saturated carbocycles. The van der Waals surface area contributed by atoms with E-state index >= 15 is 0 Å². The third kappa shape index (κ3) is 39.2. The number of nitrogens with one attached hydrogen (secondary N) is 2. The molecule has 2 amide bonds. The van der Waals surface area contributed by atoms with Gasteiger partial charge in [-0.25, -0.2) is 4.79 Å². The molecule has 2 unspecified atom stereocenters. The number of amides is 2. The van der Waals surface area contributed by atoms with Crippen LogP contribution < -0.4 is 10.6 Å². The summed E-state index contributed by atoms with van der Waals surface area (Å²) in [5, 5.41) is 22.6. The molecule has 0 bridgehead atoms. The highest BCUT2D eigenvalue weighted by molar-refractivity contribution is 5.87. The third-order valence-electron chi connectivity index (χ3n) is 9.75. The molecule has 0 heterocycles. The van der Waals surface area contributed by atoms with Crippen LogP contribution in [0, 0.1) is 0 Å². The van der Waals surface area contributed by atoms with Crippen LogP contribution in [0.1, 0.15) is 194 Å². The quantitative estimate of drug-likeness (QED) is 0.0275. The first kappa shape index (κ1) is 53.5. The maximum absolute atomic E-state index is 12.8. The van der Waals surface area contributed by atoms with Gasteiger partial charge in [-0.1, -0.05) is 139 Å². The van der Waals surface area contributed by atoms with E-state index in [0.29, 0.717) is 12.8 Å². The standard InChI is InChI=1S/C48H82N2O7/c1-3-5-7-9-11-13-15-17-19-20-22-24-26-29-33-37-43(57-47(54)40-36-32-27-25-23-21-18-16-14-12-10-8-6-4-2)38-34-30-28-31-35-39-45(52)49-41-46(53)50-44(42-51)48(55)56/h5,7,11,13,16-19,22,24,43-44,51H,3-4,6,8-10,12,14-15,20-21,23,25-42H2,1-2H3,(H,49,52)(H,50,53)(H,55,56)/b7-5-,13-11-,18-16-,19-17-,24-22-. The molecule has 0 rings (SSSR count). The summed E-state index contributed by atoms with van der Waals surface area (Å²) in [7, 11) is 0. The summed E-state index contributed by atoms with van der Waals surface area (Å²) in [5.74, 6) is -2.34. The summed E-state index contributed by atoms with van der Waals surface area (Å²) in [5.41, 5.74) is 0. The van der Waals surface area contributed by atoms with Gasteiger partial charge in [0, 0.05) is 12.8 Å². The molecule has 0 aromatic rings. The highest BCUT2D eigenvalue weighted by Gasteiger charge is 2.19. The van der Waals surface area contributed by atoms with Gasteiger partial charge in [0.2, 0.25) is 11.8 Å². The topological polar surface area (TPSA) is 142 Å². The van der Waals surface area contributed by atoms with Crippen molar-refractivity contribution in [2.24, 2.45) is 0 Å². The fourth-order valence-electron chi connectivity index (χ4n) is 6.29. The van der Waals surface area contributed by atoms with E-state index in [1.807, 2.05) is 0 Å². The van der Waals surface area contributed by atoms with Gasteiger partial charge in [-0.2, -0.15) is 0 Å². The molecule has 0 saturated heterocycles. The second-order valence-electron chi connectivity index (χ2n) is 15.1. The van der Waals surface area contributed by atoms with E-state index in [0.717, 1.165) is 109 Å². The molecule has 9 heteroatoms. The number of carbonyl (C=O) groups is 4. The van der Waals surface area contributed by atoms with E-state index in [1.165, 1.54) is 51.4 Å². The van der Waals surface area contributed by atoms with Crippen LogP contribution in [-0.2, 0) is 23.9 Å². The minimum atomic E-state index is -1.39. The first-order valence-corrected chi connectivity index (χ1v) is 22.7. The van der Waals surface area contributed by atoms with E-state index in [2.05, 4.69) is 85.2 Å². The van der Waals surface area contributed by atoms with Gasteiger partial charge in [0.25, 0.3) is 0 Å². The summed E-state index contributed by atoms with van der Waals surface area (Å²) in [6.07, 6.45) is 51.0. The Morgan fingerprint density at radius 3 is 1.56 bits per heavy atom. The minimum Gasteiger partial charge on any atom is -0.480 e. The fourth-order valence-corrected chi connectivity index (χ4v) is 6.29. The molecule has 326 valence electrons. The van der Waals surface area contributed by atoms with Crippen LogP contribution in [0.3, 0.4) is 0 Å². The lowest BCUT2D eigenvalue weighted by Gasteiger charge is -2.18. The maximum Gasteiger partial charge on any atom is 0.328 e. The predicted molar refractivity (Wildman–Crippen MR) is 236 cm³/mol. The molecule has 0 spiro atoms. The molecule has 9 nitrogen and oxygen atoms in total. The van der Waals surface area contributed by atoms with Crippen molar-refractivity contribution in [1.29, 1.82) is 0 Å². The van der Waals surface area contributed by atoms with Crippen LogP contribution in [0.2, 0.25) is 0 Å². The number of hydrogen-bond donors (Lipinski definition) is 4. The van der Waals surface area contributed by atoms with Crippen LogP contribution in [0.15, 0.2) is 60.8 Å². The Kier molecular flexibility index (Phi) is 39.6. The van der Waals surface area contributed by atoms with Gasteiger partial charge >= 0.3 is 11.9 Å². The van der Waals surface area contributed by atoms with Crippen LogP contribution in [0.4, 0.5) is 0 Å². The predicted octanol–water partition coefficient (Wildman–Crippen LogP) is 11.3. The molecule has 0 aliphatic heterocycles. The number of aliphatic carboxylic acids is 1. The van der Waals surface area contributed by atoms with Crippen molar-refractivity contribution in [2.45, 2.75) is 206 Å². The second kappa shape index (κ2) is 42.2. The second-order valence-corrected chi connectivity index (χ2v) is 15.1. The highest BCUT2D eigenvalue weighted by Crippen LogP contribution is 2.18. The number of aliphatic hydroxyl groups is 1. The Bertz CT molecular complexity index is 1140. The number of rotatable bonds is 40. The zero-order valence-corrected chi connectivity index (χ0v) is 36.1. The molecule has 0 fully saturated rings. The monoisotopic (exact) mass is 799 g/mol. The third-order valence-corrected chi connectivity index (χ3v) is 9.75. The largest absolute Gasteiger partial charge is 0.480 e. The molecule has 0 aliphatic rings. The van der Waals surface area contributed by atoms with Crippen LogP contribution >= 0.6 is 0 Å². The lowest BCUT2D eigenvalue weighted by Crippen LogP contribution is -2.47. The molecule has 0 radical (unpaired) electrons. The van der Waals surface area contributed by atoms with Gasteiger partial charge in [0.1, 0.15) is 12.1 Å². The zero-order chi connectivity index (χ0) is 41.9. The number of esters is 1. The van der Waals surface area contributed by atoms with E-state index in [-0.39, 0.29) is 30.9 Å². The fraction of sp³-hybridized carbons (Fsp3) is 0.708. The Balaban J connectivity index is 4.44. The van der Waals surface area contributed by atoms with Gasteiger partial charge in [-0.05, 0) is 103 Å². The normalized spacial score (nSPS) is 13.0. The zero-order valence-electron chi connectivity index (χ0n) is 36.1. The van der Waals surface area contributed by atoms with Crippen LogP contribution in [0.5, 0.6) is 0 Å². The Morgan fingerprint density at radius 2 is 1.00 bits per heavy atom. The molecule has 57 heavy (non-hydrogen) atoms. The Labute approximate surface area is 347 Å². The lowest BCUT2D eigenvalue weighted by atomic mass is 10.0. The molecule has 0 aromatic heterocycles. The van der Waals surface area contributed by atoms with Gasteiger partial charge in [-0.15, -0.1) is 0 Å². The van der Waals surface area contributed by atoms with Crippen LogP contribution in [0.25, 0.3) is 0 Å². The molecular formula is C48H82N2O7. The molecule has 0 aliphatic carbocycles. The number of carboxylic acid groups (broad SMARTS) is 1. The Morgan fingerprint density at radius 1 is 0.544 bits per heavy atom. The van der Waals surface area contributed by atoms with Gasteiger partial charge in [-0.3, -0.25) is 14.4 Å². The average molecular weight is 799 g/mol. The van der Waals surface area contributed by atoms with E-state index < -0.39 is 24.5 Å². The summed E-state index contributed by atoms with van der Waals surface area (Å²) in [6.45, 7) is 3.35. The van der Waals surface area contributed by atoms with Crippen molar-refractivity contribution < 1.29 is 34.1 Å². The van der Waals surface area contributed by atoms with Crippen molar-refractivity contribution in [3.63, 3.8) is 0 Å². The Hall–Kier alpha value is -3.46. The van der Waals surface area contributed by atoms with Crippen molar-refractivity contribution in [2.75, 3.05) is 13.2 Å². The van der Waals surface area contributed by atoms with Crippen molar-refractivity contribution >= 4 is 23.8 Å². The lowest BCUT2D eigenvalue weighted by molar-refractivity contribution is -0.150. The molecular weight excluding hydrogens is 717 g/mol. The van der Waals surface area contributed by atoms with Crippen molar-refractivity contribution in [3.8, 4) is 0 Å².